The lowest BCUT2D eigenvalue weighted by Gasteiger charge is -2.33. The van der Waals surface area contributed by atoms with E-state index in [9.17, 15) is 0 Å². The monoisotopic (exact) mass is 242 g/mol. The molecule has 2 aliphatic heterocycles. The Morgan fingerprint density at radius 3 is 2.65 bits per heavy atom. The maximum absolute atomic E-state index is 5.62. The van der Waals surface area contributed by atoms with Gasteiger partial charge in [0.25, 0.3) is 0 Å². The van der Waals surface area contributed by atoms with Gasteiger partial charge < -0.3 is 19.7 Å². The molecule has 4 nitrogen and oxygen atoms in total. The zero-order chi connectivity index (χ0) is 11.9. The smallest absolute Gasteiger partial charge is 0.147 e. The first-order valence-corrected chi connectivity index (χ1v) is 7.01. The number of likely N-dealkylation sites (N-methyl/N-ethyl adjacent to an activating group) is 1. The average Bonchev–Trinajstić information content (AvgIpc) is 2.40. The fourth-order valence-electron chi connectivity index (χ4n) is 2.70. The quantitative estimate of drug-likeness (QED) is 0.782. The molecule has 0 aliphatic carbocycles. The topological polar surface area (TPSA) is 33.7 Å². The van der Waals surface area contributed by atoms with E-state index in [0.717, 1.165) is 32.0 Å². The van der Waals surface area contributed by atoms with Crippen molar-refractivity contribution in [2.24, 2.45) is 5.92 Å². The Labute approximate surface area is 105 Å². The van der Waals surface area contributed by atoms with Crippen LogP contribution in [0.2, 0.25) is 0 Å². The van der Waals surface area contributed by atoms with Gasteiger partial charge in [-0.05, 0) is 44.8 Å². The molecule has 1 N–H and O–H groups in total. The van der Waals surface area contributed by atoms with Crippen LogP contribution in [0.1, 0.15) is 26.2 Å². The van der Waals surface area contributed by atoms with Crippen LogP contribution in [0.25, 0.3) is 0 Å². The molecule has 2 heterocycles. The summed E-state index contributed by atoms with van der Waals surface area (Å²) < 4.78 is 10.8. The first-order valence-electron chi connectivity index (χ1n) is 7.01. The first-order chi connectivity index (χ1) is 8.38. The Bertz CT molecular complexity index is 182. The van der Waals surface area contributed by atoms with Crippen molar-refractivity contribution in [2.45, 2.75) is 32.3 Å². The van der Waals surface area contributed by atoms with Gasteiger partial charge in [0.05, 0.1) is 12.7 Å². The van der Waals surface area contributed by atoms with Crippen LogP contribution in [0.15, 0.2) is 0 Å². The Hall–Kier alpha value is -0.160. The van der Waals surface area contributed by atoms with E-state index in [2.05, 4.69) is 17.1 Å². The van der Waals surface area contributed by atoms with E-state index in [1.165, 1.54) is 32.5 Å². The fraction of sp³-hybridized carbons (Fsp3) is 1.00. The van der Waals surface area contributed by atoms with Gasteiger partial charge in [0.1, 0.15) is 6.79 Å². The fourth-order valence-corrected chi connectivity index (χ4v) is 2.70. The molecular weight excluding hydrogens is 216 g/mol. The van der Waals surface area contributed by atoms with E-state index in [1.807, 2.05) is 0 Å². The molecule has 0 radical (unpaired) electrons. The summed E-state index contributed by atoms with van der Waals surface area (Å²) in [5.41, 5.74) is 0. The lowest BCUT2D eigenvalue weighted by molar-refractivity contribution is -0.144. The maximum Gasteiger partial charge on any atom is 0.147 e. The number of piperidine rings is 1. The normalized spacial score (nSPS) is 27.5. The van der Waals surface area contributed by atoms with Crippen LogP contribution >= 0.6 is 0 Å². The van der Waals surface area contributed by atoms with Crippen LogP contribution < -0.4 is 5.32 Å². The molecule has 17 heavy (non-hydrogen) atoms. The molecule has 0 saturated carbocycles. The average molecular weight is 242 g/mol. The Kier molecular flexibility index (Phi) is 5.71. The molecule has 1 atom stereocenters. The molecule has 0 aromatic heterocycles. The highest BCUT2D eigenvalue weighted by Crippen LogP contribution is 2.15. The van der Waals surface area contributed by atoms with Crippen molar-refractivity contribution >= 4 is 0 Å². The zero-order valence-corrected chi connectivity index (χ0v) is 11.0. The molecule has 0 spiro atoms. The van der Waals surface area contributed by atoms with Crippen molar-refractivity contribution in [3.8, 4) is 0 Å². The predicted octanol–water partition coefficient (Wildman–Crippen LogP) is 1.07. The van der Waals surface area contributed by atoms with E-state index in [1.54, 1.807) is 0 Å². The minimum atomic E-state index is 0.380. The SMILES string of the molecule is CCN(CC1CCNCC1)CC1CCOCO1. The molecule has 4 heteroatoms. The summed E-state index contributed by atoms with van der Waals surface area (Å²) in [6.45, 7) is 9.41. The van der Waals surface area contributed by atoms with Gasteiger partial charge in [0.2, 0.25) is 0 Å². The van der Waals surface area contributed by atoms with Crippen LogP contribution in [-0.4, -0.2) is 57.1 Å². The van der Waals surface area contributed by atoms with E-state index in [0.29, 0.717) is 12.9 Å². The molecule has 1 unspecified atom stereocenters. The van der Waals surface area contributed by atoms with Gasteiger partial charge in [-0.2, -0.15) is 0 Å². The summed E-state index contributed by atoms with van der Waals surface area (Å²) >= 11 is 0. The summed E-state index contributed by atoms with van der Waals surface area (Å²) in [5.74, 6) is 0.871. The summed E-state index contributed by atoms with van der Waals surface area (Å²) in [5, 5.41) is 3.43. The van der Waals surface area contributed by atoms with Gasteiger partial charge in [-0.15, -0.1) is 0 Å². The lowest BCUT2D eigenvalue weighted by Crippen LogP contribution is -2.41. The van der Waals surface area contributed by atoms with E-state index >= 15 is 0 Å². The second kappa shape index (κ2) is 7.31. The van der Waals surface area contributed by atoms with Gasteiger partial charge in [-0.1, -0.05) is 6.92 Å². The Balaban J connectivity index is 1.71. The Morgan fingerprint density at radius 1 is 1.18 bits per heavy atom. The molecule has 2 saturated heterocycles. The van der Waals surface area contributed by atoms with Crippen molar-refractivity contribution < 1.29 is 9.47 Å². The summed E-state index contributed by atoms with van der Waals surface area (Å²) in [7, 11) is 0. The van der Waals surface area contributed by atoms with Crippen LogP contribution in [0.4, 0.5) is 0 Å². The maximum atomic E-state index is 5.62. The number of hydrogen-bond donors (Lipinski definition) is 1. The van der Waals surface area contributed by atoms with Gasteiger partial charge in [-0.3, -0.25) is 0 Å². The molecule has 2 fully saturated rings. The predicted molar refractivity (Wildman–Crippen MR) is 68.0 cm³/mol. The minimum Gasteiger partial charge on any atom is -0.355 e. The van der Waals surface area contributed by atoms with Crippen molar-refractivity contribution in [3.05, 3.63) is 0 Å². The van der Waals surface area contributed by atoms with Crippen molar-refractivity contribution in [2.75, 3.05) is 46.1 Å². The molecule has 0 bridgehead atoms. The van der Waals surface area contributed by atoms with Crippen molar-refractivity contribution in [3.63, 3.8) is 0 Å². The van der Waals surface area contributed by atoms with Gasteiger partial charge >= 0.3 is 0 Å². The summed E-state index contributed by atoms with van der Waals surface area (Å²) in [6.07, 6.45) is 4.07. The highest BCUT2D eigenvalue weighted by atomic mass is 16.7. The summed E-state index contributed by atoms with van der Waals surface area (Å²) in [4.78, 5) is 2.55. The largest absolute Gasteiger partial charge is 0.355 e. The lowest BCUT2D eigenvalue weighted by atomic mass is 9.97. The molecule has 2 rings (SSSR count). The summed E-state index contributed by atoms with van der Waals surface area (Å²) in [6, 6.07) is 0. The second-order valence-corrected chi connectivity index (χ2v) is 5.15. The molecule has 0 aromatic carbocycles. The number of nitrogens with zero attached hydrogens (tertiary/aromatic N) is 1. The molecule has 0 amide bonds. The van der Waals surface area contributed by atoms with Crippen LogP contribution in [0.5, 0.6) is 0 Å². The number of nitrogens with one attached hydrogen (secondary N) is 1. The molecular formula is C13H26N2O2. The third-order valence-electron chi connectivity index (χ3n) is 3.86. The highest BCUT2D eigenvalue weighted by Gasteiger charge is 2.20. The van der Waals surface area contributed by atoms with Crippen LogP contribution in [-0.2, 0) is 9.47 Å². The molecule has 100 valence electrons. The van der Waals surface area contributed by atoms with Crippen molar-refractivity contribution in [1.29, 1.82) is 0 Å². The van der Waals surface area contributed by atoms with E-state index in [-0.39, 0.29) is 0 Å². The van der Waals surface area contributed by atoms with Gasteiger partial charge in [0, 0.05) is 13.1 Å². The number of rotatable bonds is 5. The molecule has 0 aromatic rings. The van der Waals surface area contributed by atoms with E-state index in [4.69, 9.17) is 9.47 Å². The van der Waals surface area contributed by atoms with Crippen LogP contribution in [0.3, 0.4) is 0 Å². The van der Waals surface area contributed by atoms with Crippen molar-refractivity contribution in [1.82, 2.24) is 10.2 Å². The standard InChI is InChI=1S/C13H26N2O2/c1-2-15(9-12-3-6-14-7-4-12)10-13-5-8-16-11-17-13/h12-14H,2-11H2,1H3. The second-order valence-electron chi connectivity index (χ2n) is 5.15. The zero-order valence-electron chi connectivity index (χ0n) is 11.0. The minimum absolute atomic E-state index is 0.380. The third kappa shape index (κ3) is 4.54. The van der Waals surface area contributed by atoms with Crippen LogP contribution in [0, 0.1) is 5.92 Å². The Morgan fingerprint density at radius 2 is 2.00 bits per heavy atom. The first kappa shape index (κ1) is 13.3. The van der Waals surface area contributed by atoms with E-state index < -0.39 is 0 Å². The van der Waals surface area contributed by atoms with Gasteiger partial charge in [-0.25, -0.2) is 0 Å². The number of hydrogen-bond acceptors (Lipinski definition) is 4. The number of ether oxygens (including phenoxy) is 2. The highest BCUT2D eigenvalue weighted by molar-refractivity contribution is 4.74. The third-order valence-corrected chi connectivity index (χ3v) is 3.86. The molecule has 2 aliphatic rings. The van der Waals surface area contributed by atoms with Gasteiger partial charge in [0.15, 0.2) is 0 Å².